The molecule has 0 spiro atoms. The highest BCUT2D eigenvalue weighted by Crippen LogP contribution is 2.43. The number of aliphatic carboxylic acids is 1. The van der Waals surface area contributed by atoms with Gasteiger partial charge in [-0.15, -0.1) is 0 Å². The van der Waals surface area contributed by atoms with E-state index in [4.69, 9.17) is 29.4 Å². The van der Waals surface area contributed by atoms with Crippen LogP contribution in [0.4, 0.5) is 0 Å². The quantitative estimate of drug-likeness (QED) is 0.0301. The normalized spacial score (nSPS) is 13.4. The van der Waals surface area contributed by atoms with Gasteiger partial charge in [-0.05, 0) is 12.8 Å². The Hall–Kier alpha value is -1.52. The van der Waals surface area contributed by atoms with Crippen molar-refractivity contribution in [2.75, 3.05) is 19.8 Å². The molecular formula is C54H106NO10P. The first-order valence-corrected chi connectivity index (χ1v) is 29.6. The van der Waals surface area contributed by atoms with Crippen molar-refractivity contribution in [1.82, 2.24) is 0 Å². The number of carbonyl (C=O) groups is 3. The van der Waals surface area contributed by atoms with Crippen molar-refractivity contribution in [2.45, 2.75) is 309 Å². The van der Waals surface area contributed by atoms with Crippen molar-refractivity contribution >= 4 is 25.7 Å². The van der Waals surface area contributed by atoms with Crippen molar-refractivity contribution in [3.8, 4) is 0 Å². The van der Waals surface area contributed by atoms with Gasteiger partial charge in [-0.3, -0.25) is 23.4 Å². The van der Waals surface area contributed by atoms with E-state index in [1.165, 1.54) is 218 Å². The minimum atomic E-state index is -4.72. The molecule has 392 valence electrons. The van der Waals surface area contributed by atoms with Crippen LogP contribution in [0.15, 0.2) is 0 Å². The lowest BCUT2D eigenvalue weighted by Gasteiger charge is -2.20. The summed E-state index contributed by atoms with van der Waals surface area (Å²) in [4.78, 5) is 46.3. The maximum atomic E-state index is 12.7. The van der Waals surface area contributed by atoms with Crippen LogP contribution in [0.3, 0.4) is 0 Å². The first-order valence-electron chi connectivity index (χ1n) is 28.1. The molecule has 0 rings (SSSR count). The number of esters is 2. The Kier molecular flexibility index (Phi) is 48.7. The van der Waals surface area contributed by atoms with Crippen molar-refractivity contribution in [3.05, 3.63) is 0 Å². The zero-order valence-corrected chi connectivity index (χ0v) is 44.0. The summed E-state index contributed by atoms with van der Waals surface area (Å²) in [6, 6.07) is -1.52. The fourth-order valence-electron chi connectivity index (χ4n) is 8.48. The molecule has 0 aromatic rings. The van der Waals surface area contributed by atoms with E-state index in [0.29, 0.717) is 12.8 Å². The Labute approximate surface area is 405 Å². The van der Waals surface area contributed by atoms with Gasteiger partial charge in [-0.2, -0.15) is 0 Å². The van der Waals surface area contributed by atoms with Gasteiger partial charge in [0.1, 0.15) is 12.6 Å². The maximum Gasteiger partial charge on any atom is 0.472 e. The summed E-state index contributed by atoms with van der Waals surface area (Å²) in [6.45, 7) is 2.89. The van der Waals surface area contributed by atoms with E-state index < -0.39 is 51.1 Å². The third-order valence-corrected chi connectivity index (χ3v) is 13.8. The van der Waals surface area contributed by atoms with Crippen molar-refractivity contribution in [3.63, 3.8) is 0 Å². The first-order chi connectivity index (χ1) is 32.1. The molecule has 66 heavy (non-hydrogen) atoms. The van der Waals surface area contributed by atoms with Crippen molar-refractivity contribution in [1.29, 1.82) is 0 Å². The van der Waals surface area contributed by atoms with Gasteiger partial charge in [0.2, 0.25) is 0 Å². The molecule has 0 radical (unpaired) electrons. The van der Waals surface area contributed by atoms with E-state index in [-0.39, 0.29) is 19.4 Å². The molecule has 0 aromatic carbocycles. The van der Waals surface area contributed by atoms with Crippen LogP contribution in [0.25, 0.3) is 0 Å². The summed E-state index contributed by atoms with van der Waals surface area (Å²) < 4.78 is 32.9. The molecule has 0 aromatic heterocycles. The van der Waals surface area contributed by atoms with E-state index in [1.807, 2.05) is 0 Å². The van der Waals surface area contributed by atoms with Crippen LogP contribution < -0.4 is 5.73 Å². The van der Waals surface area contributed by atoms with E-state index in [0.717, 1.165) is 38.5 Å². The van der Waals surface area contributed by atoms with Gasteiger partial charge >= 0.3 is 25.7 Å². The maximum absolute atomic E-state index is 12.7. The molecule has 0 amide bonds. The minimum Gasteiger partial charge on any atom is -0.480 e. The Bertz CT molecular complexity index is 1130. The summed E-state index contributed by atoms with van der Waals surface area (Å²) in [6.07, 6.45) is 53.1. The molecule has 0 aliphatic heterocycles. The van der Waals surface area contributed by atoms with E-state index >= 15 is 0 Å². The first kappa shape index (κ1) is 64.5. The summed E-state index contributed by atoms with van der Waals surface area (Å²) in [7, 11) is -4.72. The number of ether oxygens (including phenoxy) is 2. The third kappa shape index (κ3) is 48.9. The highest BCUT2D eigenvalue weighted by molar-refractivity contribution is 7.47. The Morgan fingerprint density at radius 2 is 0.667 bits per heavy atom. The second kappa shape index (κ2) is 49.9. The molecule has 0 bridgehead atoms. The predicted molar refractivity (Wildman–Crippen MR) is 273 cm³/mol. The number of hydrogen-bond donors (Lipinski definition) is 3. The molecule has 0 saturated heterocycles. The monoisotopic (exact) mass is 960 g/mol. The number of nitrogens with two attached hydrogens (primary N) is 1. The molecule has 12 heteroatoms. The fourth-order valence-corrected chi connectivity index (χ4v) is 9.26. The highest BCUT2D eigenvalue weighted by Gasteiger charge is 2.28. The average molecular weight is 960 g/mol. The van der Waals surface area contributed by atoms with Gasteiger partial charge in [0.05, 0.1) is 13.2 Å². The third-order valence-electron chi connectivity index (χ3n) is 12.9. The highest BCUT2D eigenvalue weighted by atomic mass is 31.2. The zero-order valence-electron chi connectivity index (χ0n) is 43.1. The lowest BCUT2D eigenvalue weighted by atomic mass is 10.0. The average Bonchev–Trinajstić information content (AvgIpc) is 3.30. The number of carboxylic acid groups (broad SMARTS) is 1. The smallest absolute Gasteiger partial charge is 0.472 e. The van der Waals surface area contributed by atoms with Crippen LogP contribution in [0.5, 0.6) is 0 Å². The van der Waals surface area contributed by atoms with Crippen LogP contribution in [0.1, 0.15) is 296 Å². The fraction of sp³-hybridized carbons (Fsp3) is 0.944. The van der Waals surface area contributed by atoms with Gasteiger partial charge in [-0.25, -0.2) is 4.57 Å². The molecule has 0 heterocycles. The number of phosphoric ester groups is 1. The number of rotatable bonds is 54. The van der Waals surface area contributed by atoms with Gasteiger partial charge in [-0.1, -0.05) is 271 Å². The van der Waals surface area contributed by atoms with E-state index in [9.17, 15) is 23.8 Å². The molecule has 0 aliphatic rings. The van der Waals surface area contributed by atoms with Crippen LogP contribution in [0.2, 0.25) is 0 Å². The molecule has 3 atom stereocenters. The largest absolute Gasteiger partial charge is 0.480 e. The SMILES string of the molecule is CCCCCCCCCCCCCCCCCCCCCCCC(=O)OC[C@H](COP(=O)(O)OC[C@H](N)C(=O)O)OC(=O)CCCCCCCCCCCCCCCCCCCCCCC. The van der Waals surface area contributed by atoms with Gasteiger partial charge < -0.3 is 25.2 Å². The van der Waals surface area contributed by atoms with E-state index in [2.05, 4.69) is 13.8 Å². The number of carbonyl (C=O) groups excluding carboxylic acids is 2. The van der Waals surface area contributed by atoms with Crippen LogP contribution >= 0.6 is 7.82 Å². The number of phosphoric acid groups is 1. The minimum absolute atomic E-state index is 0.170. The molecule has 0 saturated carbocycles. The predicted octanol–water partition coefficient (Wildman–Crippen LogP) is 16.2. The van der Waals surface area contributed by atoms with Crippen molar-refractivity contribution in [2.24, 2.45) is 5.73 Å². The summed E-state index contributed by atoms with van der Waals surface area (Å²) in [5.41, 5.74) is 5.36. The lowest BCUT2D eigenvalue weighted by molar-refractivity contribution is -0.161. The van der Waals surface area contributed by atoms with Crippen LogP contribution in [-0.4, -0.2) is 59.9 Å². The topological polar surface area (TPSA) is 172 Å². The second-order valence-corrected chi connectivity index (χ2v) is 20.9. The molecule has 11 nitrogen and oxygen atoms in total. The van der Waals surface area contributed by atoms with Crippen LogP contribution in [0, 0.1) is 0 Å². The van der Waals surface area contributed by atoms with Crippen LogP contribution in [-0.2, 0) is 37.5 Å². The lowest BCUT2D eigenvalue weighted by Crippen LogP contribution is -2.34. The van der Waals surface area contributed by atoms with E-state index in [1.54, 1.807) is 0 Å². The van der Waals surface area contributed by atoms with Gasteiger partial charge in [0, 0.05) is 12.8 Å². The molecule has 0 aliphatic carbocycles. The summed E-state index contributed by atoms with van der Waals surface area (Å²) in [5.74, 6) is -2.35. The number of unbranched alkanes of at least 4 members (excludes halogenated alkanes) is 40. The summed E-state index contributed by atoms with van der Waals surface area (Å²) >= 11 is 0. The standard InChI is InChI=1S/C54H106NO10P/c1-3-5-7-9-11-13-15-17-19-21-23-25-27-29-31-33-35-37-39-41-43-45-52(56)62-47-50(48-63-66(60,61)64-49-51(55)54(58)59)65-53(57)46-44-42-40-38-36-34-32-30-28-26-24-22-20-18-16-14-12-10-8-6-4-2/h50-51H,3-49,55H2,1-2H3,(H,58,59)(H,60,61)/t50-,51+/m1/s1. The molecule has 0 fully saturated rings. The number of hydrogen-bond acceptors (Lipinski definition) is 9. The van der Waals surface area contributed by atoms with Gasteiger partial charge in [0.15, 0.2) is 6.10 Å². The Morgan fingerprint density at radius 3 is 0.955 bits per heavy atom. The zero-order chi connectivity index (χ0) is 48.4. The van der Waals surface area contributed by atoms with Crippen molar-refractivity contribution < 1.29 is 47.5 Å². The second-order valence-electron chi connectivity index (χ2n) is 19.4. The Balaban J connectivity index is 4.13. The molecule has 1 unspecified atom stereocenters. The molecular weight excluding hydrogens is 854 g/mol. The van der Waals surface area contributed by atoms with Gasteiger partial charge in [0.25, 0.3) is 0 Å². The Morgan fingerprint density at radius 1 is 0.409 bits per heavy atom. The molecule has 4 N–H and O–H groups in total. The number of carboxylic acids is 1. The summed E-state index contributed by atoms with van der Waals surface area (Å²) in [5, 5.41) is 8.94.